The molecule has 2 aromatic carbocycles. The summed E-state index contributed by atoms with van der Waals surface area (Å²) in [6.07, 6.45) is -1.23. The Kier molecular flexibility index (Phi) is 5.73. The van der Waals surface area contributed by atoms with Crippen LogP contribution in [0.2, 0.25) is 0 Å². The van der Waals surface area contributed by atoms with Crippen molar-refractivity contribution in [2.45, 2.75) is 18.8 Å². The van der Waals surface area contributed by atoms with E-state index in [1.165, 1.54) is 14.2 Å². The normalized spacial score (nSPS) is 12.5. The molecule has 0 aliphatic heterocycles. The van der Waals surface area contributed by atoms with Crippen LogP contribution in [0.5, 0.6) is 0 Å². The van der Waals surface area contributed by atoms with Gasteiger partial charge in [0.05, 0.1) is 0 Å². The van der Waals surface area contributed by atoms with Gasteiger partial charge in [0.2, 0.25) is 5.79 Å². The Bertz CT molecular complexity index is 611. The van der Waals surface area contributed by atoms with Gasteiger partial charge in [0.15, 0.2) is 6.10 Å². The molecule has 0 fully saturated rings. The molecule has 1 unspecified atom stereocenters. The summed E-state index contributed by atoms with van der Waals surface area (Å²) in [5.41, 5.74) is 1.43. The lowest BCUT2D eigenvalue weighted by Crippen LogP contribution is -2.44. The SMILES string of the molecule is COC(OC)(c1ccccc1)C(C)OC(=O)Nc1ccccc1. The lowest BCUT2D eigenvalue weighted by molar-refractivity contribution is -0.263. The fourth-order valence-corrected chi connectivity index (χ4v) is 2.46. The van der Waals surface area contributed by atoms with Gasteiger partial charge >= 0.3 is 6.09 Å². The molecule has 5 heteroatoms. The number of carbonyl (C=O) groups is 1. The van der Waals surface area contributed by atoms with E-state index in [2.05, 4.69) is 5.32 Å². The highest BCUT2D eigenvalue weighted by molar-refractivity contribution is 5.84. The molecule has 0 saturated heterocycles. The quantitative estimate of drug-likeness (QED) is 0.824. The number of methoxy groups -OCH3 is 2. The second-order valence-corrected chi connectivity index (χ2v) is 4.98. The van der Waals surface area contributed by atoms with Crippen molar-refractivity contribution in [3.05, 3.63) is 66.2 Å². The van der Waals surface area contributed by atoms with Crippen LogP contribution in [0.15, 0.2) is 60.7 Å². The first-order valence-corrected chi connectivity index (χ1v) is 7.31. The molecule has 2 aromatic rings. The van der Waals surface area contributed by atoms with Crippen molar-refractivity contribution in [1.82, 2.24) is 0 Å². The van der Waals surface area contributed by atoms with E-state index in [9.17, 15) is 4.79 Å². The zero-order valence-corrected chi connectivity index (χ0v) is 13.5. The molecular formula is C18H21NO4. The second-order valence-electron chi connectivity index (χ2n) is 4.98. The predicted octanol–water partition coefficient (Wildman–Crippen LogP) is 3.77. The molecule has 0 radical (unpaired) electrons. The van der Waals surface area contributed by atoms with E-state index < -0.39 is 18.0 Å². The van der Waals surface area contributed by atoms with E-state index in [4.69, 9.17) is 14.2 Å². The van der Waals surface area contributed by atoms with Gasteiger partial charge in [0.25, 0.3) is 0 Å². The third-order valence-electron chi connectivity index (χ3n) is 3.62. The number of hydrogen-bond donors (Lipinski definition) is 1. The van der Waals surface area contributed by atoms with Crippen molar-refractivity contribution in [1.29, 1.82) is 0 Å². The smallest absolute Gasteiger partial charge is 0.412 e. The first-order chi connectivity index (χ1) is 11.1. The van der Waals surface area contributed by atoms with Crippen molar-refractivity contribution in [3.63, 3.8) is 0 Å². The first kappa shape index (κ1) is 17.0. The fourth-order valence-electron chi connectivity index (χ4n) is 2.46. The summed E-state index contributed by atoms with van der Waals surface area (Å²) in [6.45, 7) is 1.73. The number of rotatable bonds is 6. The molecule has 1 atom stereocenters. The number of nitrogens with one attached hydrogen (secondary N) is 1. The van der Waals surface area contributed by atoms with Crippen LogP contribution < -0.4 is 5.32 Å². The summed E-state index contributed by atoms with van der Waals surface area (Å²) < 4.78 is 16.6. The maximum atomic E-state index is 12.1. The van der Waals surface area contributed by atoms with E-state index in [0.717, 1.165) is 5.56 Å². The van der Waals surface area contributed by atoms with E-state index in [1.807, 2.05) is 48.5 Å². The van der Waals surface area contributed by atoms with Crippen LogP contribution in [0.4, 0.5) is 10.5 Å². The molecule has 2 rings (SSSR count). The maximum absolute atomic E-state index is 12.1. The van der Waals surface area contributed by atoms with Crippen LogP contribution in [0.3, 0.4) is 0 Å². The van der Waals surface area contributed by atoms with Crippen LogP contribution in [0.25, 0.3) is 0 Å². The van der Waals surface area contributed by atoms with Crippen LogP contribution in [0, 0.1) is 0 Å². The number of ether oxygens (including phenoxy) is 3. The van der Waals surface area contributed by atoms with Gasteiger partial charge in [-0.05, 0) is 19.1 Å². The predicted molar refractivity (Wildman–Crippen MR) is 88.1 cm³/mol. The number of anilines is 1. The molecule has 0 heterocycles. The Balaban J connectivity index is 2.12. The van der Waals surface area contributed by atoms with Crippen LogP contribution in [0.1, 0.15) is 12.5 Å². The molecule has 5 nitrogen and oxygen atoms in total. The highest BCUT2D eigenvalue weighted by Crippen LogP contribution is 2.31. The minimum Gasteiger partial charge on any atom is -0.440 e. The molecule has 0 spiro atoms. The van der Waals surface area contributed by atoms with Crippen LogP contribution in [-0.2, 0) is 20.0 Å². The standard InChI is InChI=1S/C18H21NO4/c1-14(23-17(20)19-16-12-8-5-9-13-16)18(21-2,22-3)15-10-6-4-7-11-15/h4-14H,1-3H3,(H,19,20). The number of benzene rings is 2. The molecule has 0 saturated carbocycles. The molecule has 0 aliphatic carbocycles. The van der Waals surface area contributed by atoms with Crippen molar-refractivity contribution < 1.29 is 19.0 Å². The zero-order valence-electron chi connectivity index (χ0n) is 13.5. The Morgan fingerprint density at radius 2 is 1.48 bits per heavy atom. The Labute approximate surface area is 136 Å². The van der Waals surface area contributed by atoms with E-state index in [0.29, 0.717) is 5.69 Å². The molecule has 1 amide bonds. The van der Waals surface area contributed by atoms with Gasteiger partial charge in [0.1, 0.15) is 0 Å². The van der Waals surface area contributed by atoms with Gasteiger partial charge in [-0.2, -0.15) is 0 Å². The Morgan fingerprint density at radius 1 is 0.957 bits per heavy atom. The minimum atomic E-state index is -1.17. The maximum Gasteiger partial charge on any atom is 0.412 e. The van der Waals surface area contributed by atoms with Gasteiger partial charge in [-0.3, -0.25) is 5.32 Å². The van der Waals surface area contributed by atoms with Gasteiger partial charge in [0, 0.05) is 25.5 Å². The highest BCUT2D eigenvalue weighted by Gasteiger charge is 2.41. The van der Waals surface area contributed by atoms with Crippen LogP contribution >= 0.6 is 0 Å². The third kappa shape index (κ3) is 3.88. The summed E-state index contributed by atoms with van der Waals surface area (Å²) >= 11 is 0. The van der Waals surface area contributed by atoms with Gasteiger partial charge in [-0.15, -0.1) is 0 Å². The molecular weight excluding hydrogens is 294 g/mol. The number of para-hydroxylation sites is 1. The summed E-state index contributed by atoms with van der Waals surface area (Å²) in [5.74, 6) is -1.17. The number of carbonyl (C=O) groups excluding carboxylic acids is 1. The van der Waals surface area contributed by atoms with Gasteiger partial charge < -0.3 is 14.2 Å². The Hall–Kier alpha value is -2.37. The van der Waals surface area contributed by atoms with Crippen molar-refractivity contribution in [3.8, 4) is 0 Å². The summed E-state index contributed by atoms with van der Waals surface area (Å²) in [4.78, 5) is 12.1. The van der Waals surface area contributed by atoms with Gasteiger partial charge in [-0.1, -0.05) is 48.5 Å². The Morgan fingerprint density at radius 3 is 2.00 bits per heavy atom. The number of amides is 1. The molecule has 0 aliphatic rings. The average molecular weight is 315 g/mol. The monoisotopic (exact) mass is 315 g/mol. The van der Waals surface area contributed by atoms with Crippen molar-refractivity contribution >= 4 is 11.8 Å². The first-order valence-electron chi connectivity index (χ1n) is 7.31. The largest absolute Gasteiger partial charge is 0.440 e. The fraction of sp³-hybridized carbons (Fsp3) is 0.278. The van der Waals surface area contributed by atoms with E-state index in [-0.39, 0.29) is 0 Å². The molecule has 0 aromatic heterocycles. The highest BCUT2D eigenvalue weighted by atomic mass is 16.7. The minimum absolute atomic E-state index is 0.571. The molecule has 0 bridgehead atoms. The summed E-state index contributed by atoms with van der Waals surface area (Å²) in [5, 5.41) is 2.67. The summed E-state index contributed by atoms with van der Waals surface area (Å²) in [7, 11) is 3.04. The lowest BCUT2D eigenvalue weighted by Gasteiger charge is -2.35. The van der Waals surface area contributed by atoms with Crippen molar-refractivity contribution in [2.75, 3.05) is 19.5 Å². The van der Waals surface area contributed by atoms with Gasteiger partial charge in [-0.25, -0.2) is 4.79 Å². The third-order valence-corrected chi connectivity index (χ3v) is 3.62. The number of hydrogen-bond acceptors (Lipinski definition) is 4. The molecule has 23 heavy (non-hydrogen) atoms. The van der Waals surface area contributed by atoms with E-state index >= 15 is 0 Å². The average Bonchev–Trinajstić information content (AvgIpc) is 2.58. The van der Waals surface area contributed by atoms with Crippen LogP contribution in [-0.4, -0.2) is 26.4 Å². The molecule has 122 valence electrons. The molecule has 1 N–H and O–H groups in total. The lowest BCUT2D eigenvalue weighted by atomic mass is 10.0. The van der Waals surface area contributed by atoms with Crippen molar-refractivity contribution in [2.24, 2.45) is 0 Å². The zero-order chi connectivity index (χ0) is 16.7. The summed E-state index contributed by atoms with van der Waals surface area (Å²) in [6, 6.07) is 18.5. The van der Waals surface area contributed by atoms with E-state index in [1.54, 1.807) is 19.1 Å². The topological polar surface area (TPSA) is 56.8 Å². The second kappa shape index (κ2) is 7.76.